The van der Waals surface area contributed by atoms with Crippen LogP contribution in [-0.4, -0.2) is 37.4 Å². The summed E-state index contributed by atoms with van der Waals surface area (Å²) in [5.41, 5.74) is -0.128. The van der Waals surface area contributed by atoms with E-state index in [-0.39, 0.29) is 17.7 Å². The van der Waals surface area contributed by atoms with Crippen LogP contribution in [0.1, 0.15) is 13.3 Å². The van der Waals surface area contributed by atoms with Crippen molar-refractivity contribution in [2.45, 2.75) is 25.0 Å². The maximum absolute atomic E-state index is 10.7. The fourth-order valence-corrected chi connectivity index (χ4v) is 1.65. The Bertz CT molecular complexity index is 200. The zero-order chi connectivity index (χ0) is 8.60. The summed E-state index contributed by atoms with van der Waals surface area (Å²) in [6, 6.07) is 0. The maximum atomic E-state index is 10.7. The Morgan fingerprint density at radius 2 is 2.50 bits per heavy atom. The lowest BCUT2D eigenvalue weighted by Gasteiger charge is -2.28. The van der Waals surface area contributed by atoms with E-state index in [4.69, 9.17) is 9.47 Å². The Balaban J connectivity index is 1.97. The highest BCUT2D eigenvalue weighted by Gasteiger charge is 2.54. The van der Waals surface area contributed by atoms with E-state index in [1.807, 2.05) is 0 Å². The van der Waals surface area contributed by atoms with Gasteiger partial charge in [-0.2, -0.15) is 0 Å². The summed E-state index contributed by atoms with van der Waals surface area (Å²) in [7, 11) is 0. The molecule has 2 saturated heterocycles. The van der Waals surface area contributed by atoms with Crippen molar-refractivity contribution in [3.05, 3.63) is 0 Å². The van der Waals surface area contributed by atoms with Crippen LogP contribution in [0, 0.1) is 0 Å². The van der Waals surface area contributed by atoms with Crippen molar-refractivity contribution in [1.82, 2.24) is 5.32 Å². The summed E-state index contributed by atoms with van der Waals surface area (Å²) in [6.07, 6.45) is 0.869. The molecular formula is C8H13NO3. The van der Waals surface area contributed by atoms with Crippen LogP contribution < -0.4 is 5.32 Å². The molecule has 4 heteroatoms. The normalized spacial score (nSPS) is 39.6. The minimum absolute atomic E-state index is 0.0799. The number of rotatable bonds is 1. The molecule has 1 spiro atoms. The number of nitrogens with one attached hydrogen (secondary N) is 1. The monoisotopic (exact) mass is 171 g/mol. The van der Waals surface area contributed by atoms with Gasteiger partial charge >= 0.3 is 5.97 Å². The van der Waals surface area contributed by atoms with E-state index in [1.54, 1.807) is 0 Å². The Morgan fingerprint density at radius 1 is 1.75 bits per heavy atom. The third-order valence-corrected chi connectivity index (χ3v) is 2.46. The van der Waals surface area contributed by atoms with Gasteiger partial charge in [-0.3, -0.25) is 4.79 Å². The second kappa shape index (κ2) is 2.71. The lowest BCUT2D eigenvalue weighted by atomic mass is 9.96. The fraction of sp³-hybridized carbons (Fsp3) is 0.875. The van der Waals surface area contributed by atoms with Crippen molar-refractivity contribution in [1.29, 1.82) is 0 Å². The number of epoxide rings is 1. The highest BCUT2D eigenvalue weighted by atomic mass is 16.6. The zero-order valence-corrected chi connectivity index (χ0v) is 7.13. The average Bonchev–Trinajstić information content (AvgIpc) is 2.75. The van der Waals surface area contributed by atoms with Gasteiger partial charge in [-0.05, 0) is 13.0 Å². The molecule has 0 aliphatic carbocycles. The number of hydrogen-bond acceptors (Lipinski definition) is 4. The summed E-state index contributed by atoms with van der Waals surface area (Å²) >= 11 is 0. The maximum Gasteiger partial charge on any atom is 0.303 e. The first-order chi connectivity index (χ1) is 5.73. The third-order valence-electron chi connectivity index (χ3n) is 2.46. The van der Waals surface area contributed by atoms with Gasteiger partial charge in [-0.25, -0.2) is 0 Å². The van der Waals surface area contributed by atoms with E-state index in [0.29, 0.717) is 0 Å². The van der Waals surface area contributed by atoms with Crippen LogP contribution in [0.5, 0.6) is 0 Å². The first-order valence-corrected chi connectivity index (χ1v) is 4.25. The van der Waals surface area contributed by atoms with E-state index in [2.05, 4.69) is 5.32 Å². The minimum atomic E-state index is -0.224. The van der Waals surface area contributed by atoms with Crippen molar-refractivity contribution in [2.75, 3.05) is 19.7 Å². The van der Waals surface area contributed by atoms with Crippen LogP contribution in [-0.2, 0) is 14.3 Å². The Labute approximate surface area is 71.2 Å². The van der Waals surface area contributed by atoms with E-state index in [1.165, 1.54) is 6.92 Å². The number of ether oxygens (including phenoxy) is 2. The minimum Gasteiger partial charge on any atom is -0.458 e. The Kier molecular flexibility index (Phi) is 1.81. The predicted octanol–water partition coefficient (Wildman–Crippen LogP) is -0.320. The van der Waals surface area contributed by atoms with E-state index >= 15 is 0 Å². The summed E-state index contributed by atoms with van der Waals surface area (Å²) in [6.45, 7) is 3.86. The van der Waals surface area contributed by atoms with Crippen molar-refractivity contribution in [2.24, 2.45) is 0 Å². The molecule has 0 bridgehead atoms. The van der Waals surface area contributed by atoms with Crippen molar-refractivity contribution in [3.8, 4) is 0 Å². The molecule has 2 aliphatic heterocycles. The molecule has 2 aliphatic rings. The standard InChI is InChI=1S/C8H13NO3/c1-6(10)12-7-4-9-3-2-8(7)5-11-8/h7,9H,2-5H2,1H3/t7-,8+/m1/s1. The van der Waals surface area contributed by atoms with Crippen LogP contribution in [0.25, 0.3) is 0 Å². The lowest BCUT2D eigenvalue weighted by Crippen LogP contribution is -2.48. The van der Waals surface area contributed by atoms with Gasteiger partial charge in [0.05, 0.1) is 6.61 Å². The van der Waals surface area contributed by atoms with E-state index in [9.17, 15) is 4.79 Å². The number of carbonyl (C=O) groups is 1. The molecule has 2 heterocycles. The van der Waals surface area contributed by atoms with Gasteiger partial charge in [0.1, 0.15) is 11.7 Å². The Hall–Kier alpha value is -0.610. The van der Waals surface area contributed by atoms with Gasteiger partial charge in [0.15, 0.2) is 0 Å². The summed E-state index contributed by atoms with van der Waals surface area (Å²) < 4.78 is 10.5. The molecule has 0 saturated carbocycles. The van der Waals surface area contributed by atoms with Gasteiger partial charge in [-0.15, -0.1) is 0 Å². The molecule has 1 N–H and O–H groups in total. The van der Waals surface area contributed by atoms with Crippen molar-refractivity contribution < 1.29 is 14.3 Å². The van der Waals surface area contributed by atoms with Crippen molar-refractivity contribution in [3.63, 3.8) is 0 Å². The first-order valence-electron chi connectivity index (χ1n) is 4.25. The largest absolute Gasteiger partial charge is 0.458 e. The third kappa shape index (κ3) is 1.32. The summed E-state index contributed by atoms with van der Waals surface area (Å²) in [5, 5.41) is 3.18. The van der Waals surface area contributed by atoms with Crippen LogP contribution in [0.2, 0.25) is 0 Å². The number of esters is 1. The lowest BCUT2D eigenvalue weighted by molar-refractivity contribution is -0.150. The van der Waals surface area contributed by atoms with Crippen molar-refractivity contribution >= 4 is 5.97 Å². The van der Waals surface area contributed by atoms with Gasteiger partial charge in [0, 0.05) is 13.5 Å². The molecule has 2 atom stereocenters. The molecule has 0 aromatic heterocycles. The highest BCUT2D eigenvalue weighted by Crippen LogP contribution is 2.37. The molecule has 12 heavy (non-hydrogen) atoms. The molecule has 68 valence electrons. The number of carbonyl (C=O) groups excluding carboxylic acids is 1. The molecule has 0 radical (unpaired) electrons. The SMILES string of the molecule is CC(=O)O[C@@H]1CNCC[C@]12CO2. The molecule has 2 fully saturated rings. The summed E-state index contributed by atoms with van der Waals surface area (Å²) in [5.74, 6) is -0.224. The summed E-state index contributed by atoms with van der Waals surface area (Å²) in [4.78, 5) is 10.7. The molecule has 2 rings (SSSR count). The number of piperidine rings is 1. The average molecular weight is 171 g/mol. The van der Waals surface area contributed by atoms with E-state index < -0.39 is 0 Å². The molecule has 0 aromatic rings. The van der Waals surface area contributed by atoms with Crippen LogP contribution in [0.4, 0.5) is 0 Å². The topological polar surface area (TPSA) is 50.9 Å². The second-order valence-electron chi connectivity index (χ2n) is 3.41. The van der Waals surface area contributed by atoms with Gasteiger partial charge in [0.25, 0.3) is 0 Å². The predicted molar refractivity (Wildman–Crippen MR) is 41.7 cm³/mol. The van der Waals surface area contributed by atoms with Gasteiger partial charge < -0.3 is 14.8 Å². The van der Waals surface area contributed by atoms with Crippen LogP contribution >= 0.6 is 0 Å². The smallest absolute Gasteiger partial charge is 0.303 e. The molecular weight excluding hydrogens is 158 g/mol. The highest BCUT2D eigenvalue weighted by molar-refractivity contribution is 5.66. The van der Waals surface area contributed by atoms with Gasteiger partial charge in [0.2, 0.25) is 0 Å². The van der Waals surface area contributed by atoms with Gasteiger partial charge in [-0.1, -0.05) is 0 Å². The molecule has 4 nitrogen and oxygen atoms in total. The Morgan fingerprint density at radius 3 is 3.08 bits per heavy atom. The first kappa shape index (κ1) is 8.01. The fourth-order valence-electron chi connectivity index (χ4n) is 1.65. The van der Waals surface area contributed by atoms with Crippen LogP contribution in [0.15, 0.2) is 0 Å². The van der Waals surface area contributed by atoms with E-state index in [0.717, 1.165) is 26.1 Å². The quantitative estimate of drug-likeness (QED) is 0.434. The van der Waals surface area contributed by atoms with Crippen LogP contribution in [0.3, 0.4) is 0 Å². The zero-order valence-electron chi connectivity index (χ0n) is 7.13. The second-order valence-corrected chi connectivity index (χ2v) is 3.41. The number of hydrogen-bond donors (Lipinski definition) is 1. The molecule has 0 unspecified atom stereocenters. The molecule has 0 aromatic carbocycles. The molecule has 0 amide bonds.